The molecule has 2 aromatic rings. The van der Waals surface area contributed by atoms with E-state index in [1.165, 1.54) is 6.20 Å². The maximum atomic E-state index is 11.5. The fraction of sp³-hybridized carbons (Fsp3) is 0.500. The van der Waals surface area contributed by atoms with E-state index in [0.29, 0.717) is 11.8 Å². The minimum absolute atomic E-state index is 0.256. The van der Waals surface area contributed by atoms with E-state index in [4.69, 9.17) is 0 Å². The van der Waals surface area contributed by atoms with Gasteiger partial charge in [-0.15, -0.1) is 0 Å². The van der Waals surface area contributed by atoms with Crippen LogP contribution in [0, 0.1) is 11.8 Å². The normalized spacial score (nSPS) is 22.6. The quantitative estimate of drug-likeness (QED) is 0.903. The molecule has 6 nitrogen and oxygen atoms in total. The van der Waals surface area contributed by atoms with Crippen LogP contribution in [0.2, 0.25) is 0 Å². The lowest BCUT2D eigenvalue weighted by atomic mass is 10.0. The van der Waals surface area contributed by atoms with Gasteiger partial charge in [-0.05, 0) is 11.8 Å². The van der Waals surface area contributed by atoms with Gasteiger partial charge in [-0.25, -0.2) is 9.78 Å². The van der Waals surface area contributed by atoms with E-state index in [2.05, 4.69) is 28.8 Å². The van der Waals surface area contributed by atoms with Crippen LogP contribution >= 0.6 is 0 Å². The van der Waals surface area contributed by atoms with Crippen LogP contribution in [-0.2, 0) is 7.05 Å². The summed E-state index contributed by atoms with van der Waals surface area (Å²) in [6.07, 6.45) is 3.15. The molecule has 6 heteroatoms. The van der Waals surface area contributed by atoms with Gasteiger partial charge in [0, 0.05) is 26.3 Å². The number of carboxylic acid groups (broad SMARTS) is 1. The maximum Gasteiger partial charge on any atom is 0.339 e. The van der Waals surface area contributed by atoms with Crippen LogP contribution in [0.3, 0.4) is 0 Å². The van der Waals surface area contributed by atoms with E-state index in [1.54, 1.807) is 10.9 Å². The topological polar surface area (TPSA) is 71.2 Å². The first-order chi connectivity index (χ1) is 9.49. The maximum absolute atomic E-state index is 11.5. The van der Waals surface area contributed by atoms with Crippen molar-refractivity contribution in [2.75, 3.05) is 18.0 Å². The second kappa shape index (κ2) is 4.47. The Morgan fingerprint density at radius 2 is 1.95 bits per heavy atom. The number of nitrogens with zero attached hydrogens (tertiary/aromatic N) is 4. The van der Waals surface area contributed by atoms with Crippen LogP contribution in [-0.4, -0.2) is 38.9 Å². The van der Waals surface area contributed by atoms with Gasteiger partial charge in [0.1, 0.15) is 5.56 Å². The number of aryl methyl sites for hydroxylation is 1. The van der Waals surface area contributed by atoms with Gasteiger partial charge in [0.15, 0.2) is 5.65 Å². The molecule has 0 saturated carbocycles. The monoisotopic (exact) mass is 274 g/mol. The van der Waals surface area contributed by atoms with Gasteiger partial charge < -0.3 is 10.0 Å². The van der Waals surface area contributed by atoms with E-state index in [0.717, 1.165) is 29.8 Å². The Morgan fingerprint density at radius 3 is 2.55 bits per heavy atom. The van der Waals surface area contributed by atoms with Crippen molar-refractivity contribution in [3.63, 3.8) is 0 Å². The Morgan fingerprint density at radius 1 is 1.30 bits per heavy atom. The Bertz CT molecular complexity index is 669. The molecule has 2 atom stereocenters. The van der Waals surface area contributed by atoms with Crippen molar-refractivity contribution in [2.45, 2.75) is 13.8 Å². The molecular formula is C14H18N4O2. The highest BCUT2D eigenvalue weighted by Gasteiger charge is 2.30. The van der Waals surface area contributed by atoms with Gasteiger partial charge in [0.05, 0.1) is 17.3 Å². The molecule has 1 aliphatic rings. The lowest BCUT2D eigenvalue weighted by Crippen LogP contribution is -2.22. The summed E-state index contributed by atoms with van der Waals surface area (Å²) in [4.78, 5) is 17.9. The molecule has 0 spiro atoms. The molecule has 1 aliphatic heterocycles. The van der Waals surface area contributed by atoms with Crippen molar-refractivity contribution in [3.8, 4) is 0 Å². The number of pyridine rings is 1. The average Bonchev–Trinajstić information content (AvgIpc) is 2.93. The van der Waals surface area contributed by atoms with Crippen LogP contribution < -0.4 is 4.90 Å². The van der Waals surface area contributed by atoms with Crippen molar-refractivity contribution >= 4 is 22.7 Å². The van der Waals surface area contributed by atoms with Gasteiger partial charge >= 0.3 is 5.97 Å². The molecule has 3 heterocycles. The number of carbonyl (C=O) groups is 1. The van der Waals surface area contributed by atoms with E-state index in [1.807, 2.05) is 7.05 Å². The molecule has 3 rings (SSSR count). The molecule has 0 radical (unpaired) electrons. The first kappa shape index (κ1) is 12.9. The predicted molar refractivity (Wildman–Crippen MR) is 76.0 cm³/mol. The largest absolute Gasteiger partial charge is 0.478 e. The summed E-state index contributed by atoms with van der Waals surface area (Å²) < 4.78 is 1.67. The van der Waals surface area contributed by atoms with E-state index in [-0.39, 0.29) is 5.56 Å². The number of hydrogen-bond donors (Lipinski definition) is 1. The van der Waals surface area contributed by atoms with Gasteiger partial charge in [-0.3, -0.25) is 4.68 Å². The lowest BCUT2D eigenvalue weighted by molar-refractivity contribution is 0.0697. The Hall–Kier alpha value is -2.11. The second-order valence-electron chi connectivity index (χ2n) is 5.69. The summed E-state index contributed by atoms with van der Waals surface area (Å²) in [5, 5.41) is 14.4. The van der Waals surface area contributed by atoms with Crippen molar-refractivity contribution in [2.24, 2.45) is 18.9 Å². The van der Waals surface area contributed by atoms with E-state index < -0.39 is 5.97 Å². The number of anilines is 1. The molecule has 1 saturated heterocycles. The summed E-state index contributed by atoms with van der Waals surface area (Å²) in [7, 11) is 1.81. The van der Waals surface area contributed by atoms with Gasteiger partial charge in [-0.2, -0.15) is 5.10 Å². The number of hydrogen-bond acceptors (Lipinski definition) is 4. The summed E-state index contributed by atoms with van der Waals surface area (Å²) >= 11 is 0. The highest BCUT2D eigenvalue weighted by atomic mass is 16.4. The van der Waals surface area contributed by atoms with Crippen molar-refractivity contribution < 1.29 is 9.90 Å². The first-order valence-electron chi connectivity index (χ1n) is 6.78. The van der Waals surface area contributed by atoms with Crippen LogP contribution in [0.1, 0.15) is 24.2 Å². The fourth-order valence-electron chi connectivity index (χ4n) is 2.89. The highest BCUT2D eigenvalue weighted by Crippen LogP contribution is 2.34. The zero-order valence-electron chi connectivity index (χ0n) is 11.9. The SMILES string of the molecule is CC1CN(c2c(C(=O)O)cnc3c2cnn3C)CC1C. The standard InChI is InChI=1S/C14H18N4O2/c1-8-6-18(7-9(8)2)12-10-5-16-17(3)13(10)15-4-11(12)14(19)20/h4-5,8-9H,6-7H2,1-3H3,(H,19,20). The summed E-state index contributed by atoms with van der Waals surface area (Å²) in [6, 6.07) is 0. The second-order valence-corrected chi connectivity index (χ2v) is 5.69. The highest BCUT2D eigenvalue weighted by molar-refractivity contribution is 6.03. The van der Waals surface area contributed by atoms with Crippen LogP contribution in [0.5, 0.6) is 0 Å². The van der Waals surface area contributed by atoms with E-state index >= 15 is 0 Å². The number of carboxylic acids is 1. The minimum atomic E-state index is -0.939. The zero-order valence-corrected chi connectivity index (χ0v) is 11.9. The fourth-order valence-corrected chi connectivity index (χ4v) is 2.89. The molecule has 0 amide bonds. The molecule has 0 aromatic carbocycles. The Balaban J connectivity index is 2.20. The average molecular weight is 274 g/mol. The minimum Gasteiger partial charge on any atom is -0.478 e. The number of aromatic nitrogens is 3. The third kappa shape index (κ3) is 1.83. The van der Waals surface area contributed by atoms with Crippen LogP contribution in [0.4, 0.5) is 5.69 Å². The molecule has 0 aliphatic carbocycles. The predicted octanol–water partition coefficient (Wildman–Crippen LogP) is 1.76. The number of rotatable bonds is 2. The van der Waals surface area contributed by atoms with E-state index in [9.17, 15) is 9.90 Å². The van der Waals surface area contributed by atoms with Crippen molar-refractivity contribution in [3.05, 3.63) is 18.0 Å². The third-order valence-electron chi connectivity index (χ3n) is 4.27. The summed E-state index contributed by atoms with van der Waals surface area (Å²) in [6.45, 7) is 6.14. The summed E-state index contributed by atoms with van der Waals surface area (Å²) in [5.74, 6) is 0.165. The summed E-state index contributed by atoms with van der Waals surface area (Å²) in [5.41, 5.74) is 1.73. The Labute approximate surface area is 117 Å². The molecule has 1 fully saturated rings. The van der Waals surface area contributed by atoms with Crippen molar-refractivity contribution in [1.29, 1.82) is 0 Å². The molecule has 2 unspecified atom stereocenters. The van der Waals surface area contributed by atoms with Gasteiger partial charge in [0.2, 0.25) is 0 Å². The van der Waals surface area contributed by atoms with Gasteiger partial charge in [-0.1, -0.05) is 13.8 Å². The molecule has 0 bridgehead atoms. The van der Waals surface area contributed by atoms with Crippen LogP contribution in [0.25, 0.3) is 11.0 Å². The first-order valence-corrected chi connectivity index (χ1v) is 6.78. The van der Waals surface area contributed by atoms with Gasteiger partial charge in [0.25, 0.3) is 0 Å². The number of aromatic carboxylic acids is 1. The van der Waals surface area contributed by atoms with Crippen LogP contribution in [0.15, 0.2) is 12.4 Å². The third-order valence-corrected chi connectivity index (χ3v) is 4.27. The zero-order chi connectivity index (χ0) is 14.4. The van der Waals surface area contributed by atoms with Crippen molar-refractivity contribution in [1.82, 2.24) is 14.8 Å². The molecule has 106 valence electrons. The smallest absolute Gasteiger partial charge is 0.339 e. The lowest BCUT2D eigenvalue weighted by Gasteiger charge is -2.21. The molecule has 2 aromatic heterocycles. The molecular weight excluding hydrogens is 256 g/mol. The Kier molecular flexibility index (Phi) is 2.88. The molecule has 20 heavy (non-hydrogen) atoms. The number of fused-ring (bicyclic) bond motifs is 1. The molecule has 1 N–H and O–H groups in total.